The first-order valence-corrected chi connectivity index (χ1v) is 4.82. The molecule has 0 aliphatic rings. The van der Waals surface area contributed by atoms with E-state index in [1.54, 1.807) is 0 Å². The maximum Gasteiger partial charge on any atom is 0.390 e. The van der Waals surface area contributed by atoms with E-state index in [1.165, 1.54) is 18.2 Å². The number of rotatable bonds is 2. The van der Waals surface area contributed by atoms with Crippen LogP contribution in [0.3, 0.4) is 0 Å². The predicted molar refractivity (Wildman–Crippen MR) is 54.1 cm³/mol. The zero-order valence-electron chi connectivity index (χ0n) is 7.48. The summed E-state index contributed by atoms with van der Waals surface area (Å²) in [6, 6.07) is 3.06. The largest absolute Gasteiger partial charge is 0.390 e. The van der Waals surface area contributed by atoms with Crippen LogP contribution in [0.5, 0.6) is 0 Å². The summed E-state index contributed by atoms with van der Waals surface area (Å²) in [5.74, 6) is 0. The minimum absolute atomic E-state index is 0.273. The van der Waals surface area contributed by atoms with Gasteiger partial charge in [0.15, 0.2) is 0 Å². The average Bonchev–Trinajstić information content (AvgIpc) is 1.98. The van der Waals surface area contributed by atoms with Gasteiger partial charge in [0.2, 0.25) is 0 Å². The molecule has 0 bridgehead atoms. The van der Waals surface area contributed by atoms with Crippen LogP contribution in [0, 0.1) is 0 Å². The smallest absolute Gasteiger partial charge is 0.324 e. The minimum Gasteiger partial charge on any atom is -0.324 e. The molecule has 0 saturated carbocycles. The minimum atomic E-state index is -4.30. The van der Waals surface area contributed by atoms with Gasteiger partial charge in [-0.3, -0.25) is 0 Å². The second-order valence-corrected chi connectivity index (χ2v) is 4.00. The van der Waals surface area contributed by atoms with Crippen LogP contribution in [0.25, 0.3) is 0 Å². The Hall–Kier alpha value is -0.450. The second-order valence-electron chi connectivity index (χ2n) is 3.13. The Labute approximate surface area is 95.0 Å². The fourth-order valence-corrected chi connectivity index (χ4v) is 1.70. The average molecular weight is 258 g/mol. The Bertz CT molecular complexity index is 331. The van der Waals surface area contributed by atoms with Crippen molar-refractivity contribution in [2.24, 2.45) is 5.73 Å². The molecule has 0 spiro atoms. The summed E-state index contributed by atoms with van der Waals surface area (Å²) >= 11 is 11.3. The monoisotopic (exact) mass is 257 g/mol. The highest BCUT2D eigenvalue weighted by Gasteiger charge is 2.31. The van der Waals surface area contributed by atoms with Crippen LogP contribution in [0.2, 0.25) is 10.0 Å². The van der Waals surface area contributed by atoms with Crippen molar-refractivity contribution in [1.29, 1.82) is 0 Å². The highest BCUT2D eigenvalue weighted by atomic mass is 35.5. The lowest BCUT2D eigenvalue weighted by molar-refractivity contribution is -0.138. The summed E-state index contributed by atoms with van der Waals surface area (Å²) in [6.45, 7) is 0. The third kappa shape index (κ3) is 4.28. The molecule has 1 rings (SSSR count). The Morgan fingerprint density at radius 2 is 1.60 bits per heavy atom. The highest BCUT2D eigenvalue weighted by molar-refractivity contribution is 6.34. The van der Waals surface area contributed by atoms with Gasteiger partial charge in [-0.2, -0.15) is 13.2 Å². The van der Waals surface area contributed by atoms with Gasteiger partial charge in [-0.1, -0.05) is 23.2 Å². The zero-order valence-corrected chi connectivity index (χ0v) is 9.00. The highest BCUT2D eigenvalue weighted by Crippen LogP contribution is 2.30. The summed E-state index contributed by atoms with van der Waals surface area (Å²) in [5, 5.41) is 0.547. The van der Waals surface area contributed by atoms with Gasteiger partial charge < -0.3 is 5.73 Å². The lowest BCUT2D eigenvalue weighted by atomic mass is 10.0. The van der Waals surface area contributed by atoms with E-state index in [-0.39, 0.29) is 15.6 Å². The SMILES string of the molecule is N[C@H](CC(F)(F)F)c1cc(Cl)cc(Cl)c1. The molecule has 1 atom stereocenters. The van der Waals surface area contributed by atoms with E-state index < -0.39 is 18.6 Å². The Morgan fingerprint density at radius 1 is 1.13 bits per heavy atom. The first-order chi connectivity index (χ1) is 6.78. The van der Waals surface area contributed by atoms with Crippen molar-refractivity contribution in [3.8, 4) is 0 Å². The fourth-order valence-electron chi connectivity index (χ4n) is 1.16. The van der Waals surface area contributed by atoms with Gasteiger partial charge in [0.1, 0.15) is 0 Å². The van der Waals surface area contributed by atoms with E-state index in [4.69, 9.17) is 28.9 Å². The van der Waals surface area contributed by atoms with Gasteiger partial charge >= 0.3 is 6.18 Å². The molecule has 0 fully saturated rings. The van der Waals surface area contributed by atoms with Crippen molar-refractivity contribution < 1.29 is 13.2 Å². The quantitative estimate of drug-likeness (QED) is 0.853. The van der Waals surface area contributed by atoms with Crippen molar-refractivity contribution in [3.05, 3.63) is 33.8 Å². The van der Waals surface area contributed by atoms with Gasteiger partial charge in [-0.05, 0) is 23.8 Å². The maximum atomic E-state index is 12.0. The van der Waals surface area contributed by atoms with E-state index in [0.29, 0.717) is 0 Å². The molecule has 2 N–H and O–H groups in total. The molecule has 0 heterocycles. The Balaban J connectivity index is 2.86. The summed E-state index contributed by atoms with van der Waals surface area (Å²) < 4.78 is 36.1. The number of halogens is 5. The fraction of sp³-hybridized carbons (Fsp3) is 0.333. The summed E-state index contributed by atoms with van der Waals surface area (Å²) in [5.41, 5.74) is 5.66. The molecule has 0 radical (unpaired) electrons. The molecular formula is C9H8Cl2F3N. The summed E-state index contributed by atoms with van der Waals surface area (Å²) in [6.07, 6.45) is -5.39. The van der Waals surface area contributed by atoms with Crippen LogP contribution in [-0.4, -0.2) is 6.18 Å². The van der Waals surface area contributed by atoms with Crippen molar-refractivity contribution in [2.45, 2.75) is 18.6 Å². The van der Waals surface area contributed by atoms with Crippen molar-refractivity contribution in [2.75, 3.05) is 0 Å². The normalized spacial score (nSPS) is 14.0. The molecule has 0 saturated heterocycles. The number of nitrogens with two attached hydrogens (primary N) is 1. The third-order valence-electron chi connectivity index (χ3n) is 1.76. The predicted octanol–water partition coefficient (Wildman–Crippen LogP) is 3.95. The molecule has 1 aromatic rings. The van der Waals surface area contributed by atoms with Gasteiger partial charge in [0.05, 0.1) is 6.42 Å². The van der Waals surface area contributed by atoms with Crippen LogP contribution < -0.4 is 5.73 Å². The molecule has 84 valence electrons. The molecule has 15 heavy (non-hydrogen) atoms. The van der Waals surface area contributed by atoms with Gasteiger partial charge in [0.25, 0.3) is 0 Å². The van der Waals surface area contributed by atoms with E-state index >= 15 is 0 Å². The van der Waals surface area contributed by atoms with Crippen LogP contribution in [0.15, 0.2) is 18.2 Å². The van der Waals surface area contributed by atoms with Crippen LogP contribution >= 0.6 is 23.2 Å². The molecule has 0 unspecified atom stereocenters. The number of alkyl halides is 3. The van der Waals surface area contributed by atoms with Gasteiger partial charge in [0, 0.05) is 16.1 Å². The van der Waals surface area contributed by atoms with E-state index in [0.717, 1.165) is 0 Å². The van der Waals surface area contributed by atoms with Crippen LogP contribution in [-0.2, 0) is 0 Å². The van der Waals surface area contributed by atoms with E-state index in [2.05, 4.69) is 0 Å². The van der Waals surface area contributed by atoms with Gasteiger partial charge in [-0.15, -0.1) is 0 Å². The Morgan fingerprint density at radius 3 is 2.00 bits per heavy atom. The zero-order chi connectivity index (χ0) is 11.6. The summed E-state index contributed by atoms with van der Waals surface area (Å²) in [7, 11) is 0. The number of benzene rings is 1. The molecule has 0 amide bonds. The van der Waals surface area contributed by atoms with Gasteiger partial charge in [-0.25, -0.2) is 0 Å². The third-order valence-corrected chi connectivity index (χ3v) is 2.20. The maximum absolute atomic E-state index is 12.0. The van der Waals surface area contributed by atoms with Crippen molar-refractivity contribution in [1.82, 2.24) is 0 Å². The molecule has 0 aliphatic heterocycles. The van der Waals surface area contributed by atoms with Crippen LogP contribution in [0.1, 0.15) is 18.0 Å². The molecule has 1 nitrogen and oxygen atoms in total. The van der Waals surface area contributed by atoms with E-state index in [9.17, 15) is 13.2 Å². The number of hydrogen-bond acceptors (Lipinski definition) is 1. The lowest BCUT2D eigenvalue weighted by Crippen LogP contribution is -2.20. The second kappa shape index (κ2) is 4.60. The first kappa shape index (κ1) is 12.6. The molecule has 0 aromatic heterocycles. The lowest BCUT2D eigenvalue weighted by Gasteiger charge is -2.14. The van der Waals surface area contributed by atoms with Crippen molar-refractivity contribution >= 4 is 23.2 Å². The Kier molecular flexibility index (Phi) is 3.87. The molecule has 1 aromatic carbocycles. The molecule has 6 heteroatoms. The molecular weight excluding hydrogens is 250 g/mol. The van der Waals surface area contributed by atoms with E-state index in [1.807, 2.05) is 0 Å². The topological polar surface area (TPSA) is 26.0 Å². The first-order valence-electron chi connectivity index (χ1n) is 4.06. The van der Waals surface area contributed by atoms with Crippen molar-refractivity contribution in [3.63, 3.8) is 0 Å². The number of hydrogen-bond donors (Lipinski definition) is 1. The van der Waals surface area contributed by atoms with Crippen LogP contribution in [0.4, 0.5) is 13.2 Å². The standard InChI is InChI=1S/C9H8Cl2F3N/c10-6-1-5(2-7(11)3-6)8(15)4-9(12,13)14/h1-3,8H,4,15H2/t8-/m1/s1. The summed E-state index contributed by atoms with van der Waals surface area (Å²) in [4.78, 5) is 0. The molecule has 0 aliphatic carbocycles.